The van der Waals surface area contributed by atoms with Crippen LogP contribution in [0.4, 0.5) is 5.69 Å². The van der Waals surface area contributed by atoms with Gasteiger partial charge in [0.25, 0.3) is 0 Å². The normalized spacial score (nSPS) is 33.8. The molecule has 6 nitrogen and oxygen atoms in total. The van der Waals surface area contributed by atoms with Crippen LogP contribution in [0.3, 0.4) is 0 Å². The minimum absolute atomic E-state index is 0.0363. The number of Topliss-reactive ketones (excluding diaryl/α,β-unsaturated/α-hetero) is 1. The topological polar surface area (TPSA) is 101 Å². The van der Waals surface area contributed by atoms with Crippen LogP contribution in [0.25, 0.3) is 0 Å². The van der Waals surface area contributed by atoms with Crippen molar-refractivity contribution in [1.82, 2.24) is 5.32 Å². The molecule has 0 aromatic heterocycles. The molecule has 0 spiro atoms. The Hall–Kier alpha value is -3.48. The van der Waals surface area contributed by atoms with Gasteiger partial charge in [-0.2, -0.15) is 15.6 Å². The van der Waals surface area contributed by atoms with E-state index in [1.54, 1.807) is 24.3 Å². The van der Waals surface area contributed by atoms with Gasteiger partial charge in [0, 0.05) is 29.8 Å². The number of fused-ring (bicyclic) bond motifs is 3. The van der Waals surface area contributed by atoms with E-state index in [0.717, 1.165) is 24.1 Å². The van der Waals surface area contributed by atoms with Crippen molar-refractivity contribution in [1.29, 1.82) is 10.5 Å². The summed E-state index contributed by atoms with van der Waals surface area (Å²) in [6.07, 6.45) is 2.03. The number of rotatable bonds is 3. The Kier molecular flexibility index (Phi) is 5.48. The number of nitrogens with one attached hydrogen (secondary N) is 2. The van der Waals surface area contributed by atoms with Crippen molar-refractivity contribution >= 4 is 17.2 Å². The molecule has 7 unspecified atom stereocenters. The van der Waals surface area contributed by atoms with E-state index in [1.807, 2.05) is 24.3 Å². The molecule has 1 heterocycles. The van der Waals surface area contributed by atoms with Crippen molar-refractivity contribution in [2.45, 2.75) is 38.8 Å². The molecule has 3 aliphatic rings. The van der Waals surface area contributed by atoms with Gasteiger partial charge >= 0.3 is 0 Å². The van der Waals surface area contributed by atoms with Gasteiger partial charge < -0.3 is 5.32 Å². The lowest BCUT2D eigenvalue weighted by Crippen LogP contribution is -2.67. The molecule has 2 saturated carbocycles. The molecule has 33 heavy (non-hydrogen) atoms. The maximum atomic E-state index is 13.8. The lowest BCUT2D eigenvalue weighted by Gasteiger charge is -2.59. The van der Waals surface area contributed by atoms with E-state index in [9.17, 15) is 4.79 Å². The number of carbonyl (C=O) groups is 1. The third-order valence-electron chi connectivity index (χ3n) is 7.78. The predicted octanol–water partition coefficient (Wildman–Crippen LogP) is 4.41. The summed E-state index contributed by atoms with van der Waals surface area (Å²) in [6, 6.07) is 19.6. The number of ketones is 1. The van der Waals surface area contributed by atoms with Gasteiger partial charge in [-0.3, -0.25) is 10.2 Å². The zero-order valence-electron chi connectivity index (χ0n) is 18.8. The fourth-order valence-corrected chi connectivity index (χ4v) is 6.18. The third kappa shape index (κ3) is 3.71. The molecule has 7 atom stereocenters. The predicted molar refractivity (Wildman–Crippen MR) is 126 cm³/mol. The van der Waals surface area contributed by atoms with Gasteiger partial charge in [0.2, 0.25) is 0 Å². The number of hydrogen-bond donors (Lipinski definition) is 2. The molecule has 3 fully saturated rings. The molecule has 5 rings (SSSR count). The minimum atomic E-state index is -0.0363. The molecule has 1 saturated heterocycles. The van der Waals surface area contributed by atoms with Gasteiger partial charge in [-0.05, 0) is 66.6 Å². The minimum Gasteiger partial charge on any atom is -0.306 e. The zero-order valence-corrected chi connectivity index (χ0v) is 18.8. The Labute approximate surface area is 194 Å². The largest absolute Gasteiger partial charge is 0.306 e. The summed E-state index contributed by atoms with van der Waals surface area (Å²) in [6.45, 7) is 4.39. The van der Waals surface area contributed by atoms with E-state index in [0.29, 0.717) is 34.7 Å². The van der Waals surface area contributed by atoms with Gasteiger partial charge in [-0.1, -0.05) is 26.0 Å². The van der Waals surface area contributed by atoms with Crippen LogP contribution in [-0.4, -0.2) is 17.5 Å². The molecule has 0 amide bonds. The second-order valence-corrected chi connectivity index (χ2v) is 9.78. The van der Waals surface area contributed by atoms with Crippen molar-refractivity contribution in [2.75, 3.05) is 5.43 Å². The first-order valence-electron chi connectivity index (χ1n) is 11.6. The van der Waals surface area contributed by atoms with E-state index in [2.05, 4.69) is 41.8 Å². The van der Waals surface area contributed by atoms with Crippen molar-refractivity contribution in [3.05, 3.63) is 65.2 Å². The molecule has 0 bridgehead atoms. The van der Waals surface area contributed by atoms with Crippen LogP contribution in [0.2, 0.25) is 0 Å². The first-order valence-corrected chi connectivity index (χ1v) is 11.6. The summed E-state index contributed by atoms with van der Waals surface area (Å²) in [5.41, 5.74) is 6.81. The zero-order chi connectivity index (χ0) is 23.1. The summed E-state index contributed by atoms with van der Waals surface area (Å²) in [5.74, 6) is 1.39. The van der Waals surface area contributed by atoms with E-state index < -0.39 is 0 Å². The quantitative estimate of drug-likeness (QED) is 0.693. The van der Waals surface area contributed by atoms with Crippen LogP contribution in [-0.2, 0) is 4.79 Å². The standard InChI is InChI=1S/C27H27N5O/c1-15-11-20-12-16(2)25(32-31-21-9-5-18(14-29)6-10-21)27(33)22(20)23-24(15)30-26(23)19-7-3-17(13-28)4-8-19/h3-10,15-16,20,22-24,26,30-31H,11-12H2,1-2H3. The maximum Gasteiger partial charge on any atom is 0.182 e. The fourth-order valence-electron chi connectivity index (χ4n) is 6.18. The summed E-state index contributed by atoms with van der Waals surface area (Å²) < 4.78 is 0. The molecule has 2 aromatic carbocycles. The highest BCUT2D eigenvalue weighted by Crippen LogP contribution is 2.54. The molecule has 2 N–H and O–H groups in total. The fraction of sp³-hybridized carbons (Fsp3) is 0.407. The highest BCUT2D eigenvalue weighted by Gasteiger charge is 2.58. The Morgan fingerprint density at radius 3 is 2.24 bits per heavy atom. The first kappa shape index (κ1) is 21.4. The highest BCUT2D eigenvalue weighted by molar-refractivity contribution is 6.42. The molecule has 166 valence electrons. The van der Waals surface area contributed by atoms with Crippen molar-refractivity contribution in [2.24, 2.45) is 34.7 Å². The number of anilines is 1. The Morgan fingerprint density at radius 2 is 1.61 bits per heavy atom. The Balaban J connectivity index is 1.40. The lowest BCUT2D eigenvalue weighted by atomic mass is 9.52. The van der Waals surface area contributed by atoms with Gasteiger partial charge in [0.15, 0.2) is 5.78 Å². The maximum absolute atomic E-state index is 13.8. The molecule has 2 aromatic rings. The highest BCUT2D eigenvalue weighted by atomic mass is 16.1. The van der Waals surface area contributed by atoms with Crippen molar-refractivity contribution in [3.8, 4) is 12.1 Å². The summed E-state index contributed by atoms with van der Waals surface area (Å²) in [5, 5.41) is 26.4. The number of nitrogens with zero attached hydrogens (tertiary/aromatic N) is 3. The average Bonchev–Trinajstić information content (AvgIpc) is 2.81. The summed E-state index contributed by atoms with van der Waals surface area (Å²) in [7, 11) is 0. The first-order chi connectivity index (χ1) is 16.0. The number of hydrogen-bond acceptors (Lipinski definition) is 6. The van der Waals surface area contributed by atoms with E-state index in [-0.39, 0.29) is 29.6 Å². The number of carbonyl (C=O) groups excluding carboxylic acids is 1. The van der Waals surface area contributed by atoms with Crippen LogP contribution in [0, 0.1) is 52.3 Å². The number of nitriles is 2. The number of benzene rings is 2. The lowest BCUT2D eigenvalue weighted by molar-refractivity contribution is -0.131. The summed E-state index contributed by atoms with van der Waals surface area (Å²) in [4.78, 5) is 13.8. The van der Waals surface area contributed by atoms with Crippen LogP contribution in [0.1, 0.15) is 49.4 Å². The van der Waals surface area contributed by atoms with Gasteiger partial charge in [0.05, 0.1) is 29.0 Å². The van der Waals surface area contributed by atoms with Crippen LogP contribution in [0.15, 0.2) is 53.6 Å². The van der Waals surface area contributed by atoms with Crippen molar-refractivity contribution < 1.29 is 4.79 Å². The third-order valence-corrected chi connectivity index (χ3v) is 7.78. The number of hydrazone groups is 1. The smallest absolute Gasteiger partial charge is 0.182 e. The van der Waals surface area contributed by atoms with Gasteiger partial charge in [-0.15, -0.1) is 0 Å². The Morgan fingerprint density at radius 1 is 0.970 bits per heavy atom. The van der Waals surface area contributed by atoms with E-state index in [1.165, 1.54) is 0 Å². The summed E-state index contributed by atoms with van der Waals surface area (Å²) >= 11 is 0. The Bertz CT molecular complexity index is 1170. The van der Waals surface area contributed by atoms with Gasteiger partial charge in [0.1, 0.15) is 5.71 Å². The monoisotopic (exact) mass is 437 g/mol. The second-order valence-electron chi connectivity index (χ2n) is 9.78. The SMILES string of the molecule is CC1CC2CC(C)C3NC(c4ccc(C#N)cc4)C3C2C(=O)C1=NNc1ccc(C#N)cc1. The second kappa shape index (κ2) is 8.46. The molecular formula is C27H27N5O. The van der Waals surface area contributed by atoms with Crippen molar-refractivity contribution in [3.63, 3.8) is 0 Å². The van der Waals surface area contributed by atoms with E-state index >= 15 is 0 Å². The average molecular weight is 438 g/mol. The molecular weight excluding hydrogens is 410 g/mol. The molecule has 2 aliphatic carbocycles. The molecule has 1 aliphatic heterocycles. The van der Waals surface area contributed by atoms with Crippen LogP contribution >= 0.6 is 0 Å². The van der Waals surface area contributed by atoms with E-state index in [4.69, 9.17) is 10.5 Å². The molecule has 0 radical (unpaired) electrons. The molecule has 6 heteroatoms. The van der Waals surface area contributed by atoms with Crippen LogP contribution < -0.4 is 10.7 Å². The van der Waals surface area contributed by atoms with Gasteiger partial charge in [-0.25, -0.2) is 0 Å². The van der Waals surface area contributed by atoms with Crippen LogP contribution in [0.5, 0.6) is 0 Å².